The molecule has 0 aliphatic carbocycles. The first-order valence-corrected chi connectivity index (χ1v) is 10.7. The lowest BCUT2D eigenvalue weighted by Crippen LogP contribution is -2.23. The number of unbranched alkanes of at least 4 members (excludes halogenated alkanes) is 2. The van der Waals surface area contributed by atoms with Crippen LogP contribution in [0.25, 0.3) is 0 Å². The Morgan fingerprint density at radius 3 is 2.06 bits per heavy atom. The molecule has 0 fully saturated rings. The summed E-state index contributed by atoms with van der Waals surface area (Å²) in [5.74, 6) is -1.05. The van der Waals surface area contributed by atoms with E-state index in [4.69, 9.17) is 14.2 Å². The number of Topliss-reactive ketones (excluding diaryl/α,β-unsaturated/α-hetero) is 1. The smallest absolute Gasteiger partial charge is 0.374 e. The minimum Gasteiger partial charge on any atom is -0.493 e. The van der Waals surface area contributed by atoms with Crippen LogP contribution in [-0.2, 0) is 30.3 Å². The molecule has 0 heterocycles. The molecular formula is C24H32N2O7. The van der Waals surface area contributed by atoms with E-state index in [1.807, 2.05) is 0 Å². The maximum atomic E-state index is 12.1. The number of rotatable bonds is 17. The Balaban J connectivity index is 2.38. The van der Waals surface area contributed by atoms with Crippen LogP contribution < -0.4 is 20.1 Å². The van der Waals surface area contributed by atoms with E-state index in [-0.39, 0.29) is 24.8 Å². The Morgan fingerprint density at radius 2 is 1.48 bits per heavy atom. The van der Waals surface area contributed by atoms with E-state index in [0.717, 1.165) is 12.8 Å². The first-order valence-electron chi connectivity index (χ1n) is 10.7. The summed E-state index contributed by atoms with van der Waals surface area (Å²) in [7, 11) is 1.49. The SMILES string of the molecule is C=CC(=O)NCCCCOC(=O)C(=O)Cc1ccc(OCCCCNC(=O)C=C)c(OC)c1. The van der Waals surface area contributed by atoms with E-state index in [1.54, 1.807) is 18.2 Å². The van der Waals surface area contributed by atoms with Crippen molar-refractivity contribution in [2.45, 2.75) is 32.1 Å². The van der Waals surface area contributed by atoms with E-state index >= 15 is 0 Å². The van der Waals surface area contributed by atoms with Gasteiger partial charge in [-0.25, -0.2) is 4.79 Å². The number of nitrogens with one attached hydrogen (secondary N) is 2. The average Bonchev–Trinajstić information content (AvgIpc) is 2.83. The number of ether oxygens (including phenoxy) is 3. The third-order valence-corrected chi connectivity index (χ3v) is 4.42. The Bertz CT molecular complexity index is 836. The second-order valence-electron chi connectivity index (χ2n) is 6.97. The van der Waals surface area contributed by atoms with Crippen LogP contribution in [0.2, 0.25) is 0 Å². The zero-order valence-corrected chi connectivity index (χ0v) is 19.0. The van der Waals surface area contributed by atoms with E-state index < -0.39 is 11.8 Å². The maximum Gasteiger partial charge on any atom is 0.374 e. The molecule has 1 rings (SSSR count). The third-order valence-electron chi connectivity index (χ3n) is 4.42. The monoisotopic (exact) mass is 460 g/mol. The van der Waals surface area contributed by atoms with Gasteiger partial charge in [0.05, 0.1) is 20.3 Å². The molecule has 1 aromatic carbocycles. The molecule has 0 aromatic heterocycles. The molecule has 33 heavy (non-hydrogen) atoms. The van der Waals surface area contributed by atoms with Crippen LogP contribution in [0.15, 0.2) is 43.5 Å². The van der Waals surface area contributed by atoms with Gasteiger partial charge < -0.3 is 24.8 Å². The Hall–Kier alpha value is -3.62. The fraction of sp³-hybridized carbons (Fsp3) is 0.417. The first-order chi connectivity index (χ1) is 15.9. The molecule has 0 bridgehead atoms. The van der Waals surface area contributed by atoms with E-state index in [2.05, 4.69) is 23.8 Å². The molecule has 1 aromatic rings. The van der Waals surface area contributed by atoms with Crippen molar-refractivity contribution in [3.63, 3.8) is 0 Å². The number of methoxy groups -OCH3 is 1. The molecule has 2 N–H and O–H groups in total. The number of hydrogen-bond donors (Lipinski definition) is 2. The van der Waals surface area contributed by atoms with Crippen molar-refractivity contribution in [1.29, 1.82) is 0 Å². The van der Waals surface area contributed by atoms with Crippen molar-refractivity contribution in [2.75, 3.05) is 33.4 Å². The van der Waals surface area contributed by atoms with E-state index in [1.165, 1.54) is 19.3 Å². The summed E-state index contributed by atoms with van der Waals surface area (Å²) < 4.78 is 16.0. The van der Waals surface area contributed by atoms with Gasteiger partial charge in [0.1, 0.15) is 0 Å². The van der Waals surface area contributed by atoms with Crippen LogP contribution in [0.3, 0.4) is 0 Å². The Labute approximate surface area is 194 Å². The lowest BCUT2D eigenvalue weighted by molar-refractivity contribution is -0.153. The molecule has 180 valence electrons. The summed E-state index contributed by atoms with van der Waals surface area (Å²) in [5, 5.41) is 5.30. The molecular weight excluding hydrogens is 428 g/mol. The first kappa shape index (κ1) is 27.4. The average molecular weight is 461 g/mol. The number of carbonyl (C=O) groups excluding carboxylic acids is 4. The highest BCUT2D eigenvalue weighted by Gasteiger charge is 2.17. The predicted octanol–water partition coefficient (Wildman–Crippen LogP) is 1.89. The second kappa shape index (κ2) is 16.1. The van der Waals surface area contributed by atoms with Gasteiger partial charge in [-0.2, -0.15) is 0 Å². The van der Waals surface area contributed by atoms with Gasteiger partial charge in [-0.3, -0.25) is 14.4 Å². The topological polar surface area (TPSA) is 120 Å². The van der Waals surface area contributed by atoms with Crippen LogP contribution in [-0.4, -0.2) is 57.0 Å². The van der Waals surface area contributed by atoms with Gasteiger partial charge >= 0.3 is 5.97 Å². The number of ketones is 1. The standard InChI is InChI=1S/C24H32N2O7/c1-4-22(28)25-12-6-8-14-32-20-11-10-18(17-21(20)31-3)16-19(27)24(30)33-15-9-7-13-26-23(29)5-2/h4-5,10-11,17H,1-2,6-9,12-16H2,3H3,(H,25,28)(H,26,29). The van der Waals surface area contributed by atoms with Crippen molar-refractivity contribution >= 4 is 23.6 Å². The van der Waals surface area contributed by atoms with Crippen LogP contribution in [0.1, 0.15) is 31.2 Å². The van der Waals surface area contributed by atoms with Gasteiger partial charge in [-0.1, -0.05) is 19.2 Å². The normalized spacial score (nSPS) is 9.97. The highest BCUT2D eigenvalue weighted by molar-refractivity contribution is 6.34. The summed E-state index contributed by atoms with van der Waals surface area (Å²) in [6, 6.07) is 5.02. The molecule has 0 saturated carbocycles. The summed E-state index contributed by atoms with van der Waals surface area (Å²) in [6.45, 7) is 8.25. The molecule has 0 aliphatic heterocycles. The minimum absolute atomic E-state index is 0.0991. The molecule has 0 unspecified atom stereocenters. The predicted molar refractivity (Wildman–Crippen MR) is 123 cm³/mol. The van der Waals surface area contributed by atoms with Crippen LogP contribution in [0.5, 0.6) is 11.5 Å². The van der Waals surface area contributed by atoms with Gasteiger partial charge in [-0.05, 0) is 55.5 Å². The molecule has 2 amide bonds. The summed E-state index contributed by atoms with van der Waals surface area (Å²) in [4.78, 5) is 46.1. The number of esters is 1. The fourth-order valence-corrected chi connectivity index (χ4v) is 2.65. The van der Waals surface area contributed by atoms with Crippen molar-refractivity contribution in [1.82, 2.24) is 10.6 Å². The number of amides is 2. The number of carbonyl (C=O) groups is 4. The summed E-state index contributed by atoms with van der Waals surface area (Å²) in [6.07, 6.45) is 4.91. The largest absolute Gasteiger partial charge is 0.493 e. The van der Waals surface area contributed by atoms with Crippen molar-refractivity contribution in [2.24, 2.45) is 0 Å². The van der Waals surface area contributed by atoms with Gasteiger partial charge in [0.2, 0.25) is 17.6 Å². The number of benzene rings is 1. The van der Waals surface area contributed by atoms with E-state index in [0.29, 0.717) is 49.6 Å². The quantitative estimate of drug-likeness (QED) is 0.158. The van der Waals surface area contributed by atoms with E-state index in [9.17, 15) is 19.2 Å². The molecule has 0 atom stereocenters. The molecule has 0 aliphatic rings. The molecule has 9 nitrogen and oxygen atoms in total. The van der Waals surface area contributed by atoms with Gasteiger partial charge in [-0.15, -0.1) is 0 Å². The fourth-order valence-electron chi connectivity index (χ4n) is 2.65. The maximum absolute atomic E-state index is 12.1. The molecule has 0 radical (unpaired) electrons. The lowest BCUT2D eigenvalue weighted by Gasteiger charge is -2.12. The molecule has 0 saturated heterocycles. The zero-order chi connectivity index (χ0) is 24.5. The minimum atomic E-state index is -0.895. The summed E-state index contributed by atoms with van der Waals surface area (Å²) >= 11 is 0. The van der Waals surface area contributed by atoms with Crippen LogP contribution in [0, 0.1) is 0 Å². The zero-order valence-electron chi connectivity index (χ0n) is 19.0. The van der Waals surface area contributed by atoms with Crippen molar-refractivity contribution < 1.29 is 33.4 Å². The third kappa shape index (κ3) is 11.5. The second-order valence-corrected chi connectivity index (χ2v) is 6.97. The van der Waals surface area contributed by atoms with Crippen LogP contribution in [0.4, 0.5) is 0 Å². The Kier molecular flexibility index (Phi) is 13.4. The van der Waals surface area contributed by atoms with Gasteiger partial charge in [0.15, 0.2) is 11.5 Å². The van der Waals surface area contributed by atoms with Crippen molar-refractivity contribution in [3.8, 4) is 11.5 Å². The summed E-state index contributed by atoms with van der Waals surface area (Å²) in [5.41, 5.74) is 0.598. The van der Waals surface area contributed by atoms with Gasteiger partial charge in [0.25, 0.3) is 0 Å². The van der Waals surface area contributed by atoms with Crippen molar-refractivity contribution in [3.05, 3.63) is 49.1 Å². The van der Waals surface area contributed by atoms with Gasteiger partial charge in [0, 0.05) is 19.5 Å². The number of hydrogen-bond acceptors (Lipinski definition) is 7. The molecule has 0 spiro atoms. The lowest BCUT2D eigenvalue weighted by atomic mass is 10.1. The Morgan fingerprint density at radius 1 is 0.879 bits per heavy atom. The highest BCUT2D eigenvalue weighted by atomic mass is 16.5. The highest BCUT2D eigenvalue weighted by Crippen LogP contribution is 2.28. The molecule has 9 heteroatoms. The van der Waals surface area contributed by atoms with Crippen LogP contribution >= 0.6 is 0 Å².